The average Bonchev–Trinajstić information content (AvgIpc) is 2.93. The van der Waals surface area contributed by atoms with E-state index in [-0.39, 0.29) is 11.7 Å². The molecular formula is C17H19FN6. The number of benzene rings is 1. The summed E-state index contributed by atoms with van der Waals surface area (Å²) >= 11 is 0. The molecule has 6 nitrogen and oxygen atoms in total. The van der Waals surface area contributed by atoms with Crippen molar-refractivity contribution in [2.75, 3.05) is 11.1 Å². The fourth-order valence-corrected chi connectivity index (χ4v) is 2.58. The molecule has 0 fully saturated rings. The molecule has 0 bridgehead atoms. The smallest absolute Gasteiger partial charge is 0.227 e. The summed E-state index contributed by atoms with van der Waals surface area (Å²) in [5.74, 6) is 0.635. The molecule has 3 N–H and O–H groups in total. The Labute approximate surface area is 139 Å². The van der Waals surface area contributed by atoms with Gasteiger partial charge in [0.25, 0.3) is 0 Å². The van der Waals surface area contributed by atoms with Crippen LogP contribution in [0.3, 0.4) is 0 Å². The molecule has 3 rings (SSSR count). The summed E-state index contributed by atoms with van der Waals surface area (Å²) in [6.45, 7) is 5.92. The number of hydrogen-bond donors (Lipinski definition) is 2. The third kappa shape index (κ3) is 3.05. The van der Waals surface area contributed by atoms with Gasteiger partial charge >= 0.3 is 0 Å². The quantitative estimate of drug-likeness (QED) is 0.715. The second-order valence-electron chi connectivity index (χ2n) is 5.79. The molecule has 3 aromatic rings. The number of nitrogens with one attached hydrogen (secondary N) is 1. The zero-order valence-electron chi connectivity index (χ0n) is 13.8. The lowest BCUT2D eigenvalue weighted by molar-refractivity contribution is 0.578. The number of aromatic nitrogens is 4. The lowest BCUT2D eigenvalue weighted by atomic mass is 10.2. The monoisotopic (exact) mass is 326 g/mol. The molecule has 1 aromatic carbocycles. The number of aryl methyl sites for hydroxylation is 1. The van der Waals surface area contributed by atoms with Gasteiger partial charge < -0.3 is 15.6 Å². The second-order valence-corrected chi connectivity index (χ2v) is 5.79. The van der Waals surface area contributed by atoms with Gasteiger partial charge in [0.15, 0.2) is 5.82 Å². The Morgan fingerprint density at radius 2 is 1.83 bits per heavy atom. The molecule has 0 aliphatic heterocycles. The minimum Gasteiger partial charge on any atom is -0.399 e. The summed E-state index contributed by atoms with van der Waals surface area (Å²) in [6, 6.07) is 7.30. The van der Waals surface area contributed by atoms with Gasteiger partial charge in [-0.25, -0.2) is 19.3 Å². The number of anilines is 3. The Hall–Kier alpha value is -2.96. The highest BCUT2D eigenvalue weighted by Gasteiger charge is 2.17. The van der Waals surface area contributed by atoms with E-state index in [4.69, 9.17) is 5.73 Å². The van der Waals surface area contributed by atoms with E-state index in [0.717, 1.165) is 17.7 Å². The average molecular weight is 326 g/mol. The topological polar surface area (TPSA) is 81.7 Å². The lowest BCUT2D eigenvalue weighted by Crippen LogP contribution is -2.08. The zero-order chi connectivity index (χ0) is 17.3. The van der Waals surface area contributed by atoms with Crippen LogP contribution >= 0.6 is 0 Å². The van der Waals surface area contributed by atoms with Crippen molar-refractivity contribution in [2.24, 2.45) is 0 Å². The van der Waals surface area contributed by atoms with E-state index in [0.29, 0.717) is 17.3 Å². The summed E-state index contributed by atoms with van der Waals surface area (Å²) in [6.07, 6.45) is 2.79. The molecule has 0 amide bonds. The van der Waals surface area contributed by atoms with Gasteiger partial charge in [-0.2, -0.15) is 0 Å². The van der Waals surface area contributed by atoms with Crippen LogP contribution in [0.4, 0.5) is 21.7 Å². The minimum absolute atomic E-state index is 0.144. The van der Waals surface area contributed by atoms with E-state index in [2.05, 4.69) is 20.3 Å². The van der Waals surface area contributed by atoms with Crippen molar-refractivity contribution in [1.82, 2.24) is 19.5 Å². The van der Waals surface area contributed by atoms with Crippen molar-refractivity contribution >= 4 is 17.3 Å². The predicted molar refractivity (Wildman–Crippen MR) is 92.5 cm³/mol. The second kappa shape index (κ2) is 6.27. The van der Waals surface area contributed by atoms with Crippen LogP contribution in [0.5, 0.6) is 0 Å². The predicted octanol–water partition coefficient (Wildman–Crippen LogP) is 3.69. The van der Waals surface area contributed by atoms with Crippen LogP contribution in [0, 0.1) is 12.7 Å². The maximum absolute atomic E-state index is 14.3. The van der Waals surface area contributed by atoms with Gasteiger partial charge in [0.1, 0.15) is 11.5 Å². The highest BCUT2D eigenvalue weighted by atomic mass is 19.1. The zero-order valence-corrected chi connectivity index (χ0v) is 13.8. The number of rotatable bonds is 4. The molecule has 0 unspecified atom stereocenters. The van der Waals surface area contributed by atoms with Gasteiger partial charge in [-0.3, -0.25) is 0 Å². The van der Waals surface area contributed by atoms with E-state index in [1.54, 1.807) is 18.3 Å². The van der Waals surface area contributed by atoms with Crippen molar-refractivity contribution in [2.45, 2.75) is 26.8 Å². The third-order valence-electron chi connectivity index (χ3n) is 3.65. The van der Waals surface area contributed by atoms with E-state index in [1.165, 1.54) is 0 Å². The molecule has 124 valence electrons. The Bertz CT molecular complexity index is 854. The molecule has 0 aliphatic carbocycles. The van der Waals surface area contributed by atoms with Crippen molar-refractivity contribution in [3.8, 4) is 11.4 Å². The number of nitrogens with zero attached hydrogens (tertiary/aromatic N) is 4. The first-order valence-electron chi connectivity index (χ1n) is 7.65. The van der Waals surface area contributed by atoms with Crippen molar-refractivity contribution in [3.63, 3.8) is 0 Å². The van der Waals surface area contributed by atoms with Gasteiger partial charge in [0.05, 0.1) is 18.1 Å². The van der Waals surface area contributed by atoms with Gasteiger partial charge in [0, 0.05) is 17.4 Å². The fraction of sp³-hybridized carbons (Fsp3) is 0.235. The van der Waals surface area contributed by atoms with Crippen LogP contribution in [0.1, 0.15) is 25.7 Å². The summed E-state index contributed by atoms with van der Waals surface area (Å²) in [5.41, 5.74) is 7.95. The number of nitrogen functional groups attached to an aromatic ring is 1. The number of imidazole rings is 1. The number of halogens is 1. The summed E-state index contributed by atoms with van der Waals surface area (Å²) in [4.78, 5) is 12.6. The lowest BCUT2D eigenvalue weighted by Gasteiger charge is -2.14. The van der Waals surface area contributed by atoms with E-state index in [1.807, 2.05) is 37.5 Å². The van der Waals surface area contributed by atoms with Crippen molar-refractivity contribution in [1.29, 1.82) is 0 Å². The molecule has 2 heterocycles. The Morgan fingerprint density at radius 1 is 1.12 bits per heavy atom. The normalized spacial score (nSPS) is 11.0. The van der Waals surface area contributed by atoms with Crippen LogP contribution in [-0.2, 0) is 0 Å². The molecule has 7 heteroatoms. The third-order valence-corrected chi connectivity index (χ3v) is 3.65. The highest BCUT2D eigenvalue weighted by molar-refractivity contribution is 5.61. The Morgan fingerprint density at radius 3 is 2.50 bits per heavy atom. The fourth-order valence-electron chi connectivity index (χ4n) is 2.58. The maximum Gasteiger partial charge on any atom is 0.227 e. The maximum atomic E-state index is 14.3. The molecule has 0 saturated heterocycles. The van der Waals surface area contributed by atoms with E-state index in [9.17, 15) is 4.39 Å². The first-order valence-corrected chi connectivity index (χ1v) is 7.65. The SMILES string of the molecule is Cc1ncc(-c2nc(Nc3ccc(N)cc3)ncc2F)n1C(C)C. The molecule has 0 aliphatic rings. The molecular weight excluding hydrogens is 307 g/mol. The largest absolute Gasteiger partial charge is 0.399 e. The Kier molecular flexibility index (Phi) is 4.16. The Balaban J connectivity index is 1.99. The van der Waals surface area contributed by atoms with Crippen LogP contribution in [0.25, 0.3) is 11.4 Å². The molecule has 0 spiro atoms. The van der Waals surface area contributed by atoms with Gasteiger partial charge in [0.2, 0.25) is 5.95 Å². The molecule has 0 atom stereocenters. The standard InChI is InChI=1S/C17H19FN6/c1-10(2)24-11(3)20-9-15(24)16-14(18)8-21-17(23-16)22-13-6-4-12(19)5-7-13/h4-10H,19H2,1-3H3,(H,21,22,23). The number of nitrogens with two attached hydrogens (primary N) is 1. The van der Waals surface area contributed by atoms with Crippen LogP contribution in [0.2, 0.25) is 0 Å². The number of hydrogen-bond acceptors (Lipinski definition) is 5. The summed E-state index contributed by atoms with van der Waals surface area (Å²) in [5, 5.41) is 3.05. The first kappa shape index (κ1) is 15.9. The van der Waals surface area contributed by atoms with Crippen LogP contribution in [-0.4, -0.2) is 19.5 Å². The van der Waals surface area contributed by atoms with Crippen LogP contribution in [0.15, 0.2) is 36.7 Å². The highest BCUT2D eigenvalue weighted by Crippen LogP contribution is 2.26. The summed E-state index contributed by atoms with van der Waals surface area (Å²) in [7, 11) is 0. The minimum atomic E-state index is -0.486. The van der Waals surface area contributed by atoms with Crippen molar-refractivity contribution < 1.29 is 4.39 Å². The van der Waals surface area contributed by atoms with Gasteiger partial charge in [-0.15, -0.1) is 0 Å². The van der Waals surface area contributed by atoms with Crippen LogP contribution < -0.4 is 11.1 Å². The van der Waals surface area contributed by atoms with Crippen molar-refractivity contribution in [3.05, 3.63) is 48.3 Å². The van der Waals surface area contributed by atoms with E-state index >= 15 is 0 Å². The molecule has 0 saturated carbocycles. The first-order chi connectivity index (χ1) is 11.5. The molecule has 2 aromatic heterocycles. The van der Waals surface area contributed by atoms with Gasteiger partial charge in [-0.05, 0) is 45.0 Å². The van der Waals surface area contributed by atoms with E-state index < -0.39 is 5.82 Å². The van der Waals surface area contributed by atoms with Gasteiger partial charge in [-0.1, -0.05) is 0 Å². The molecule has 0 radical (unpaired) electrons. The summed E-state index contributed by atoms with van der Waals surface area (Å²) < 4.78 is 16.2. The molecule has 24 heavy (non-hydrogen) atoms.